The third-order valence-electron chi connectivity index (χ3n) is 6.16. The van der Waals surface area contributed by atoms with Gasteiger partial charge in [-0.3, -0.25) is 4.79 Å². The van der Waals surface area contributed by atoms with Crippen LogP contribution in [-0.4, -0.2) is 18.6 Å². The van der Waals surface area contributed by atoms with Crippen LogP contribution < -0.4 is 15.8 Å². The number of ether oxygens (including phenoxy) is 1. The molecule has 1 aromatic rings. The van der Waals surface area contributed by atoms with Gasteiger partial charge in [0.2, 0.25) is 5.91 Å². The second kappa shape index (κ2) is 8.13. The molecule has 3 aliphatic rings. The Labute approximate surface area is 160 Å². The van der Waals surface area contributed by atoms with Gasteiger partial charge in [0.05, 0.1) is 12.3 Å². The summed E-state index contributed by atoms with van der Waals surface area (Å²) in [5, 5.41) is 2.98. The number of amides is 1. The van der Waals surface area contributed by atoms with E-state index in [4.69, 9.17) is 10.5 Å². The maximum Gasteiger partial charge on any atom is 0.227 e. The summed E-state index contributed by atoms with van der Waals surface area (Å²) in [7, 11) is 0. The Morgan fingerprint density at radius 1 is 1.19 bits per heavy atom. The predicted molar refractivity (Wildman–Crippen MR) is 102 cm³/mol. The minimum Gasteiger partial charge on any atom is -0.491 e. The van der Waals surface area contributed by atoms with Gasteiger partial charge in [0.25, 0.3) is 0 Å². The molecular weight excluding hydrogens is 355 g/mol. The van der Waals surface area contributed by atoms with E-state index in [9.17, 15) is 9.18 Å². The molecule has 1 amide bonds. The first-order valence-electron chi connectivity index (χ1n) is 9.59. The van der Waals surface area contributed by atoms with Gasteiger partial charge in [-0.25, -0.2) is 4.39 Å². The molecule has 0 aliphatic heterocycles. The zero-order valence-corrected chi connectivity index (χ0v) is 15.8. The average molecular weight is 383 g/mol. The largest absolute Gasteiger partial charge is 0.491 e. The lowest BCUT2D eigenvalue weighted by molar-refractivity contribution is -0.122. The van der Waals surface area contributed by atoms with Crippen LogP contribution >= 0.6 is 12.4 Å². The monoisotopic (exact) mass is 382 g/mol. The molecule has 0 saturated heterocycles. The van der Waals surface area contributed by atoms with Crippen LogP contribution in [0.4, 0.5) is 10.1 Å². The van der Waals surface area contributed by atoms with E-state index in [1.165, 1.54) is 31.4 Å². The summed E-state index contributed by atoms with van der Waals surface area (Å²) in [5.74, 6) is 1.60. The first kappa shape index (κ1) is 19.4. The third kappa shape index (κ3) is 4.32. The second-order valence-corrected chi connectivity index (χ2v) is 8.08. The van der Waals surface area contributed by atoms with Gasteiger partial charge in [0.1, 0.15) is 11.6 Å². The lowest BCUT2D eigenvalue weighted by Crippen LogP contribution is -2.48. The van der Waals surface area contributed by atoms with Gasteiger partial charge >= 0.3 is 0 Å². The van der Waals surface area contributed by atoms with Gasteiger partial charge < -0.3 is 15.8 Å². The Hall–Kier alpha value is -1.33. The molecule has 3 fully saturated rings. The lowest BCUT2D eigenvalue weighted by Gasteiger charge is -2.43. The van der Waals surface area contributed by atoms with Crippen LogP contribution in [0, 0.1) is 29.5 Å². The molecule has 0 radical (unpaired) electrons. The molecule has 144 valence electrons. The van der Waals surface area contributed by atoms with E-state index in [1.54, 1.807) is 6.07 Å². The van der Waals surface area contributed by atoms with Gasteiger partial charge in [-0.15, -0.1) is 12.4 Å². The molecular formula is C20H28ClFN2O2. The van der Waals surface area contributed by atoms with E-state index in [-0.39, 0.29) is 36.1 Å². The Morgan fingerprint density at radius 3 is 2.54 bits per heavy atom. The maximum absolute atomic E-state index is 13.6. The van der Waals surface area contributed by atoms with Crippen molar-refractivity contribution in [3.8, 4) is 5.75 Å². The molecule has 1 aromatic carbocycles. The summed E-state index contributed by atoms with van der Waals surface area (Å²) in [6.07, 6.45) is 7.56. The zero-order chi connectivity index (χ0) is 17.4. The predicted octanol–water partition coefficient (Wildman–Crippen LogP) is 4.13. The van der Waals surface area contributed by atoms with Crippen LogP contribution in [0.25, 0.3) is 0 Å². The molecule has 0 heterocycles. The van der Waals surface area contributed by atoms with Crippen molar-refractivity contribution in [3.63, 3.8) is 0 Å². The van der Waals surface area contributed by atoms with E-state index in [2.05, 4.69) is 5.32 Å². The number of carbonyl (C=O) groups is 1. The van der Waals surface area contributed by atoms with E-state index in [0.29, 0.717) is 35.8 Å². The van der Waals surface area contributed by atoms with Crippen molar-refractivity contribution in [1.82, 2.24) is 0 Å². The first-order chi connectivity index (χ1) is 12.1. The van der Waals surface area contributed by atoms with Crippen LogP contribution in [0.3, 0.4) is 0 Å². The highest BCUT2D eigenvalue weighted by Gasteiger charge is 2.40. The molecule has 2 atom stereocenters. The maximum atomic E-state index is 13.6. The standard InChI is InChI=1S/C20H27FN2O2.ClH/c21-16-6-7-17(18(10-16)25-11-12-4-5-12)23-20(24)15-8-13-2-1-3-14(9-15)19(13)22;/h6-7,10,12-15,19H,1-5,8-9,11,22H2,(H,23,24);1H. The number of nitrogens with two attached hydrogens (primary N) is 1. The van der Waals surface area contributed by atoms with E-state index < -0.39 is 0 Å². The number of nitrogens with one attached hydrogen (secondary N) is 1. The third-order valence-corrected chi connectivity index (χ3v) is 6.16. The summed E-state index contributed by atoms with van der Waals surface area (Å²) in [6.45, 7) is 0.592. The van der Waals surface area contributed by atoms with Gasteiger partial charge in [0.15, 0.2) is 0 Å². The average Bonchev–Trinajstić information content (AvgIpc) is 3.39. The fourth-order valence-corrected chi connectivity index (χ4v) is 4.45. The highest BCUT2D eigenvalue weighted by atomic mass is 35.5. The van der Waals surface area contributed by atoms with Crippen LogP contribution in [0.2, 0.25) is 0 Å². The number of halogens is 2. The fourth-order valence-electron chi connectivity index (χ4n) is 4.45. The molecule has 4 nitrogen and oxygen atoms in total. The summed E-state index contributed by atoms with van der Waals surface area (Å²) >= 11 is 0. The molecule has 3 saturated carbocycles. The number of fused-ring (bicyclic) bond motifs is 2. The van der Waals surface area contributed by atoms with Crippen molar-refractivity contribution < 1.29 is 13.9 Å². The minimum atomic E-state index is -0.345. The summed E-state index contributed by atoms with van der Waals surface area (Å²) in [4.78, 5) is 12.8. The Kier molecular flexibility index (Phi) is 6.08. The molecule has 3 N–H and O–H groups in total. The Morgan fingerprint density at radius 2 is 1.88 bits per heavy atom. The molecule has 4 rings (SSSR count). The summed E-state index contributed by atoms with van der Waals surface area (Å²) in [6, 6.07) is 4.58. The number of anilines is 1. The van der Waals surface area contributed by atoms with Crippen LogP contribution in [-0.2, 0) is 4.79 Å². The zero-order valence-electron chi connectivity index (χ0n) is 15.0. The normalized spacial score (nSPS) is 30.2. The molecule has 3 aliphatic carbocycles. The van der Waals surface area contributed by atoms with Gasteiger partial charge in [-0.2, -0.15) is 0 Å². The van der Waals surface area contributed by atoms with Crippen molar-refractivity contribution in [2.45, 2.75) is 51.0 Å². The molecule has 2 bridgehead atoms. The number of hydrogen-bond acceptors (Lipinski definition) is 3. The number of rotatable bonds is 5. The number of hydrogen-bond donors (Lipinski definition) is 2. The Bertz CT molecular complexity index is 639. The molecule has 26 heavy (non-hydrogen) atoms. The molecule has 2 unspecified atom stereocenters. The van der Waals surface area contributed by atoms with Crippen molar-refractivity contribution in [2.75, 3.05) is 11.9 Å². The molecule has 6 heteroatoms. The number of carbonyl (C=O) groups excluding carboxylic acids is 1. The van der Waals surface area contributed by atoms with Gasteiger partial charge in [-0.05, 0) is 68.4 Å². The molecule has 0 spiro atoms. The van der Waals surface area contributed by atoms with Crippen LogP contribution in [0.5, 0.6) is 5.75 Å². The SMILES string of the molecule is Cl.NC1C2CCCC1CC(C(=O)Nc1ccc(F)cc1OCC1CC1)C2. The number of benzene rings is 1. The van der Waals surface area contributed by atoms with Crippen molar-refractivity contribution in [3.05, 3.63) is 24.0 Å². The molecule has 0 aromatic heterocycles. The van der Waals surface area contributed by atoms with Crippen molar-refractivity contribution in [1.29, 1.82) is 0 Å². The van der Waals surface area contributed by atoms with Crippen LogP contribution in [0.15, 0.2) is 18.2 Å². The van der Waals surface area contributed by atoms with Crippen LogP contribution in [0.1, 0.15) is 44.9 Å². The highest BCUT2D eigenvalue weighted by molar-refractivity contribution is 5.94. The van der Waals surface area contributed by atoms with Crippen molar-refractivity contribution >= 4 is 24.0 Å². The second-order valence-electron chi connectivity index (χ2n) is 8.08. The first-order valence-corrected chi connectivity index (χ1v) is 9.59. The quantitative estimate of drug-likeness (QED) is 0.804. The van der Waals surface area contributed by atoms with E-state index in [0.717, 1.165) is 25.7 Å². The van der Waals surface area contributed by atoms with Crippen molar-refractivity contribution in [2.24, 2.45) is 29.4 Å². The fraction of sp³-hybridized carbons (Fsp3) is 0.650. The minimum absolute atomic E-state index is 0. The lowest BCUT2D eigenvalue weighted by atomic mass is 9.65. The topological polar surface area (TPSA) is 64.4 Å². The summed E-state index contributed by atoms with van der Waals surface area (Å²) < 4.78 is 19.3. The highest BCUT2D eigenvalue weighted by Crippen LogP contribution is 2.42. The summed E-state index contributed by atoms with van der Waals surface area (Å²) in [5.41, 5.74) is 6.90. The van der Waals surface area contributed by atoms with E-state index in [1.807, 2.05) is 0 Å². The Balaban J connectivity index is 0.00000196. The van der Waals surface area contributed by atoms with Gasteiger partial charge in [-0.1, -0.05) is 6.42 Å². The smallest absolute Gasteiger partial charge is 0.227 e. The van der Waals surface area contributed by atoms with Gasteiger partial charge in [0, 0.05) is 18.0 Å². The van der Waals surface area contributed by atoms with E-state index >= 15 is 0 Å².